The number of hydrogen-bond donors (Lipinski definition) is 1. The van der Waals surface area contributed by atoms with Crippen LogP contribution in [0.1, 0.15) is 33.3 Å². The Morgan fingerprint density at radius 3 is 2.40 bits per heavy atom. The summed E-state index contributed by atoms with van der Waals surface area (Å²) < 4.78 is 39.4. The lowest BCUT2D eigenvalue weighted by Crippen LogP contribution is -2.35. The van der Waals surface area contributed by atoms with Crippen LogP contribution in [-0.2, 0) is 16.6 Å². The first-order valence-corrected chi connectivity index (χ1v) is 8.01. The Kier molecular flexibility index (Phi) is 5.29. The molecule has 0 fully saturated rings. The van der Waals surface area contributed by atoms with Crippen molar-refractivity contribution in [3.8, 4) is 0 Å². The van der Waals surface area contributed by atoms with Crippen molar-refractivity contribution >= 4 is 10.0 Å². The maximum atomic E-state index is 13.8. The van der Waals surface area contributed by atoms with E-state index >= 15 is 0 Å². The zero-order valence-corrected chi connectivity index (χ0v) is 13.5. The van der Waals surface area contributed by atoms with Crippen LogP contribution in [-0.4, -0.2) is 31.9 Å². The summed E-state index contributed by atoms with van der Waals surface area (Å²) in [6, 6.07) is 3.91. The molecule has 4 nitrogen and oxygen atoms in total. The van der Waals surface area contributed by atoms with Crippen molar-refractivity contribution in [2.75, 3.05) is 13.6 Å². The summed E-state index contributed by atoms with van der Waals surface area (Å²) in [6.45, 7) is 8.32. The first-order chi connectivity index (χ1) is 9.08. The maximum Gasteiger partial charge on any atom is 0.242 e. The van der Waals surface area contributed by atoms with E-state index in [-0.39, 0.29) is 17.0 Å². The van der Waals surface area contributed by atoms with Gasteiger partial charge in [-0.1, -0.05) is 6.92 Å². The lowest BCUT2D eigenvalue weighted by Gasteiger charge is -2.21. The average molecular weight is 302 g/mol. The molecule has 1 aromatic carbocycles. The van der Waals surface area contributed by atoms with Gasteiger partial charge in [-0.15, -0.1) is 0 Å². The summed E-state index contributed by atoms with van der Waals surface area (Å²) >= 11 is 0. The van der Waals surface area contributed by atoms with Crippen molar-refractivity contribution in [1.29, 1.82) is 0 Å². The summed E-state index contributed by atoms with van der Waals surface area (Å²) in [7, 11) is -2.04. The molecule has 0 unspecified atom stereocenters. The van der Waals surface area contributed by atoms with Crippen LogP contribution in [0.15, 0.2) is 23.1 Å². The third-order valence-electron chi connectivity index (χ3n) is 2.98. The van der Waals surface area contributed by atoms with Crippen LogP contribution in [0.3, 0.4) is 0 Å². The minimum Gasteiger partial charge on any atom is -0.308 e. The van der Waals surface area contributed by atoms with Crippen molar-refractivity contribution in [3.63, 3.8) is 0 Å². The van der Waals surface area contributed by atoms with Crippen LogP contribution in [0.2, 0.25) is 0 Å². The molecule has 0 amide bonds. The molecule has 6 heteroatoms. The summed E-state index contributed by atoms with van der Waals surface area (Å²) in [4.78, 5) is 0.119. The van der Waals surface area contributed by atoms with Gasteiger partial charge < -0.3 is 5.32 Å². The number of halogens is 1. The van der Waals surface area contributed by atoms with Crippen LogP contribution >= 0.6 is 0 Å². The molecular formula is C14H23FN2O2S. The highest BCUT2D eigenvalue weighted by molar-refractivity contribution is 7.89. The number of nitrogens with zero attached hydrogens (tertiary/aromatic N) is 1. The SMILES string of the molecule is CCN(C)S(=O)(=O)c1ccc(F)c(CNC(C)(C)C)c1. The number of benzene rings is 1. The maximum absolute atomic E-state index is 13.8. The molecule has 0 heterocycles. The molecule has 0 saturated heterocycles. The lowest BCUT2D eigenvalue weighted by molar-refractivity contribution is 0.418. The molecule has 0 aromatic heterocycles. The van der Waals surface area contributed by atoms with Gasteiger partial charge in [-0.25, -0.2) is 17.1 Å². The summed E-state index contributed by atoms with van der Waals surface area (Å²) in [5, 5.41) is 3.15. The minimum absolute atomic E-state index is 0.119. The molecule has 0 spiro atoms. The molecule has 1 rings (SSSR count). The number of sulfonamides is 1. The smallest absolute Gasteiger partial charge is 0.242 e. The third-order valence-corrected chi connectivity index (χ3v) is 4.91. The van der Waals surface area contributed by atoms with Gasteiger partial charge in [0.05, 0.1) is 4.90 Å². The van der Waals surface area contributed by atoms with E-state index in [9.17, 15) is 12.8 Å². The van der Waals surface area contributed by atoms with E-state index in [0.29, 0.717) is 12.1 Å². The van der Waals surface area contributed by atoms with E-state index in [1.807, 2.05) is 20.8 Å². The van der Waals surface area contributed by atoms with Crippen molar-refractivity contribution < 1.29 is 12.8 Å². The first kappa shape index (κ1) is 17.1. The van der Waals surface area contributed by atoms with Crippen molar-refractivity contribution in [2.45, 2.75) is 44.7 Å². The van der Waals surface area contributed by atoms with Crippen LogP contribution in [0.4, 0.5) is 4.39 Å². The van der Waals surface area contributed by atoms with Gasteiger partial charge in [-0.05, 0) is 39.0 Å². The number of hydrogen-bond acceptors (Lipinski definition) is 3. The normalized spacial score (nSPS) is 12.9. The monoisotopic (exact) mass is 302 g/mol. The molecule has 1 aromatic rings. The van der Waals surface area contributed by atoms with Crippen LogP contribution in [0, 0.1) is 5.82 Å². The van der Waals surface area contributed by atoms with Crippen LogP contribution in [0.25, 0.3) is 0 Å². The highest BCUT2D eigenvalue weighted by atomic mass is 32.2. The van der Waals surface area contributed by atoms with Crippen molar-refractivity contribution in [2.24, 2.45) is 0 Å². The molecule has 0 radical (unpaired) electrons. The highest BCUT2D eigenvalue weighted by Crippen LogP contribution is 2.18. The van der Waals surface area contributed by atoms with Gasteiger partial charge in [-0.3, -0.25) is 0 Å². The Bertz CT molecular complexity index is 565. The predicted octanol–water partition coefficient (Wildman–Crippen LogP) is 2.35. The fraction of sp³-hybridized carbons (Fsp3) is 0.571. The molecule has 20 heavy (non-hydrogen) atoms. The van der Waals surface area contributed by atoms with Gasteiger partial charge in [0.25, 0.3) is 0 Å². The van der Waals surface area contributed by atoms with Gasteiger partial charge in [0.1, 0.15) is 5.82 Å². The van der Waals surface area contributed by atoms with Gasteiger partial charge in [0.15, 0.2) is 0 Å². The quantitative estimate of drug-likeness (QED) is 0.908. The van der Waals surface area contributed by atoms with E-state index in [4.69, 9.17) is 0 Å². The standard InChI is InChI=1S/C14H23FN2O2S/c1-6-17(5)20(18,19)12-7-8-13(15)11(9-12)10-16-14(2,3)4/h7-9,16H,6,10H2,1-5H3. The molecule has 0 bridgehead atoms. The first-order valence-electron chi connectivity index (χ1n) is 6.57. The second kappa shape index (κ2) is 6.20. The molecular weight excluding hydrogens is 279 g/mol. The van der Waals surface area contributed by atoms with E-state index in [2.05, 4.69) is 5.32 Å². The predicted molar refractivity (Wildman–Crippen MR) is 78.5 cm³/mol. The van der Waals surface area contributed by atoms with Gasteiger partial charge >= 0.3 is 0 Å². The molecule has 0 aliphatic rings. The Labute approximate surface area is 121 Å². The largest absolute Gasteiger partial charge is 0.308 e. The number of rotatable bonds is 5. The fourth-order valence-corrected chi connectivity index (χ4v) is 2.79. The lowest BCUT2D eigenvalue weighted by atomic mass is 10.1. The molecule has 0 aliphatic heterocycles. The molecule has 0 atom stereocenters. The topological polar surface area (TPSA) is 49.4 Å². The number of nitrogens with one attached hydrogen (secondary N) is 1. The summed E-state index contributed by atoms with van der Waals surface area (Å²) in [5.41, 5.74) is 0.187. The summed E-state index contributed by atoms with van der Waals surface area (Å²) in [5.74, 6) is -0.403. The Balaban J connectivity index is 3.09. The molecule has 114 valence electrons. The van der Waals surface area contributed by atoms with Crippen molar-refractivity contribution in [3.05, 3.63) is 29.6 Å². The minimum atomic E-state index is -3.54. The van der Waals surface area contributed by atoms with E-state index < -0.39 is 15.8 Å². The Morgan fingerprint density at radius 1 is 1.30 bits per heavy atom. The molecule has 0 aliphatic carbocycles. The van der Waals surface area contributed by atoms with E-state index in [1.54, 1.807) is 6.92 Å². The second-order valence-corrected chi connectivity index (χ2v) is 7.82. The Hall–Kier alpha value is -0.980. The van der Waals surface area contributed by atoms with E-state index in [0.717, 1.165) is 0 Å². The zero-order valence-electron chi connectivity index (χ0n) is 12.7. The zero-order chi connectivity index (χ0) is 15.6. The molecule has 1 N–H and O–H groups in total. The summed E-state index contributed by atoms with van der Waals surface area (Å²) in [6.07, 6.45) is 0. The average Bonchev–Trinajstić information content (AvgIpc) is 2.35. The van der Waals surface area contributed by atoms with Crippen LogP contribution < -0.4 is 5.32 Å². The van der Waals surface area contributed by atoms with Gasteiger partial charge in [-0.2, -0.15) is 0 Å². The fourth-order valence-electron chi connectivity index (χ4n) is 1.56. The second-order valence-electron chi connectivity index (χ2n) is 5.78. The highest BCUT2D eigenvalue weighted by Gasteiger charge is 2.21. The third kappa shape index (κ3) is 4.26. The van der Waals surface area contributed by atoms with Crippen LogP contribution in [0.5, 0.6) is 0 Å². The van der Waals surface area contributed by atoms with Gasteiger partial charge in [0.2, 0.25) is 10.0 Å². The molecule has 0 saturated carbocycles. The Morgan fingerprint density at radius 2 is 1.90 bits per heavy atom. The van der Waals surface area contributed by atoms with Crippen molar-refractivity contribution in [1.82, 2.24) is 9.62 Å². The van der Waals surface area contributed by atoms with Gasteiger partial charge in [0, 0.05) is 31.2 Å². The van der Waals surface area contributed by atoms with E-state index in [1.165, 1.54) is 29.6 Å².